The van der Waals surface area contributed by atoms with Gasteiger partial charge in [-0.1, -0.05) is 0 Å². The lowest BCUT2D eigenvalue weighted by atomic mass is 10.2. The molecule has 0 spiro atoms. The van der Waals surface area contributed by atoms with Gasteiger partial charge in [0.25, 0.3) is 0 Å². The lowest BCUT2D eigenvalue weighted by molar-refractivity contribution is 0.0564. The summed E-state index contributed by atoms with van der Waals surface area (Å²) in [6, 6.07) is 0. The monoisotopic (exact) mass is 221 g/mol. The predicted molar refractivity (Wildman–Crippen MR) is 56.1 cm³/mol. The number of rotatable bonds is 5. The van der Waals surface area contributed by atoms with Gasteiger partial charge in [0.15, 0.2) is 0 Å². The molecule has 0 aliphatic carbocycles. The summed E-state index contributed by atoms with van der Waals surface area (Å²) in [7, 11) is -2.83. The van der Waals surface area contributed by atoms with E-state index in [1.54, 1.807) is 0 Å². The molecule has 0 amide bonds. The van der Waals surface area contributed by atoms with Crippen LogP contribution in [0.2, 0.25) is 0 Å². The molecule has 2 unspecified atom stereocenters. The zero-order chi connectivity index (χ0) is 10.6. The maximum atomic E-state index is 10.8. The Morgan fingerprint density at radius 1 is 1.43 bits per heavy atom. The van der Waals surface area contributed by atoms with Crippen molar-refractivity contribution in [2.75, 3.05) is 25.1 Å². The lowest BCUT2D eigenvalue weighted by Crippen LogP contribution is -2.30. The molecular weight excluding hydrogens is 202 g/mol. The van der Waals surface area contributed by atoms with Crippen LogP contribution in [0.1, 0.15) is 19.8 Å². The molecule has 2 atom stereocenters. The second-order valence-corrected chi connectivity index (χ2v) is 6.24. The molecule has 1 heterocycles. The van der Waals surface area contributed by atoms with E-state index in [2.05, 4.69) is 12.2 Å². The third-order valence-electron chi connectivity index (χ3n) is 2.34. The quantitative estimate of drug-likeness (QED) is 0.673. The number of sulfone groups is 1. The second-order valence-electron chi connectivity index (χ2n) is 3.98. The van der Waals surface area contributed by atoms with Gasteiger partial charge in [-0.15, -0.1) is 0 Å². The van der Waals surface area contributed by atoms with E-state index < -0.39 is 9.84 Å². The summed E-state index contributed by atoms with van der Waals surface area (Å²) in [6.07, 6.45) is 4.06. The highest BCUT2D eigenvalue weighted by molar-refractivity contribution is 7.90. The van der Waals surface area contributed by atoms with Crippen LogP contribution in [0.5, 0.6) is 0 Å². The van der Waals surface area contributed by atoms with Gasteiger partial charge in [-0.3, -0.25) is 0 Å². The van der Waals surface area contributed by atoms with E-state index in [1.165, 1.54) is 6.26 Å². The van der Waals surface area contributed by atoms with Crippen LogP contribution in [0.25, 0.3) is 0 Å². The van der Waals surface area contributed by atoms with Gasteiger partial charge in [-0.05, 0) is 19.8 Å². The normalized spacial score (nSPS) is 28.1. The third kappa shape index (κ3) is 4.93. The highest BCUT2D eigenvalue weighted by Crippen LogP contribution is 2.17. The largest absolute Gasteiger partial charge is 0.374 e. The van der Waals surface area contributed by atoms with E-state index in [1.807, 2.05) is 0 Å². The molecule has 1 rings (SSSR count). The molecule has 1 saturated heterocycles. The summed E-state index contributed by atoms with van der Waals surface area (Å²) in [6.45, 7) is 3.35. The fraction of sp³-hybridized carbons (Fsp3) is 1.00. The van der Waals surface area contributed by atoms with Crippen molar-refractivity contribution in [2.45, 2.75) is 32.0 Å². The van der Waals surface area contributed by atoms with E-state index in [4.69, 9.17) is 4.74 Å². The first-order chi connectivity index (χ1) is 6.47. The molecule has 14 heavy (non-hydrogen) atoms. The first-order valence-electron chi connectivity index (χ1n) is 5.01. The molecule has 1 aliphatic rings. The summed E-state index contributed by atoms with van der Waals surface area (Å²) in [5, 5.41) is 3.10. The highest BCUT2D eigenvalue weighted by Gasteiger charge is 2.20. The van der Waals surface area contributed by atoms with Crippen molar-refractivity contribution in [3.8, 4) is 0 Å². The maximum absolute atomic E-state index is 10.8. The summed E-state index contributed by atoms with van der Waals surface area (Å²) in [5.74, 6) is 0.204. The van der Waals surface area contributed by atoms with Crippen LogP contribution in [-0.4, -0.2) is 45.7 Å². The van der Waals surface area contributed by atoms with E-state index >= 15 is 0 Å². The van der Waals surface area contributed by atoms with Gasteiger partial charge in [-0.25, -0.2) is 8.42 Å². The summed E-state index contributed by atoms with van der Waals surface area (Å²) < 4.78 is 27.2. The fourth-order valence-corrected chi connectivity index (χ4v) is 2.07. The van der Waals surface area contributed by atoms with Crippen molar-refractivity contribution < 1.29 is 13.2 Å². The second kappa shape index (κ2) is 5.09. The van der Waals surface area contributed by atoms with Crippen LogP contribution in [0.4, 0.5) is 0 Å². The Labute approximate surface area is 85.9 Å². The van der Waals surface area contributed by atoms with Crippen LogP contribution >= 0.6 is 0 Å². The van der Waals surface area contributed by atoms with Gasteiger partial charge in [0.2, 0.25) is 0 Å². The Bertz CT molecular complexity index is 263. The van der Waals surface area contributed by atoms with Crippen LogP contribution < -0.4 is 5.32 Å². The average molecular weight is 221 g/mol. The predicted octanol–water partition coefficient (Wildman–Crippen LogP) is 0.188. The van der Waals surface area contributed by atoms with Crippen molar-refractivity contribution in [1.82, 2.24) is 5.32 Å². The summed E-state index contributed by atoms with van der Waals surface area (Å²) in [4.78, 5) is 0. The Kier molecular flexibility index (Phi) is 4.34. The van der Waals surface area contributed by atoms with Crippen molar-refractivity contribution in [3.05, 3.63) is 0 Å². The van der Waals surface area contributed by atoms with E-state index in [0.29, 0.717) is 12.6 Å². The molecule has 0 saturated carbocycles. The number of hydrogen-bond acceptors (Lipinski definition) is 4. The minimum absolute atomic E-state index is 0.204. The van der Waals surface area contributed by atoms with Crippen LogP contribution in [-0.2, 0) is 14.6 Å². The standard InChI is InChI=1S/C9H19NO3S/c1-8-3-4-9(13-8)7-10-5-6-14(2,11)12/h8-10H,3-7H2,1-2H3. The van der Waals surface area contributed by atoms with Gasteiger partial charge in [0, 0.05) is 19.3 Å². The van der Waals surface area contributed by atoms with E-state index in [0.717, 1.165) is 19.4 Å². The maximum Gasteiger partial charge on any atom is 0.148 e. The molecular formula is C9H19NO3S. The van der Waals surface area contributed by atoms with Gasteiger partial charge >= 0.3 is 0 Å². The molecule has 1 fully saturated rings. The van der Waals surface area contributed by atoms with Crippen LogP contribution in [0, 0.1) is 0 Å². The first kappa shape index (κ1) is 11.9. The molecule has 0 bridgehead atoms. The molecule has 84 valence electrons. The van der Waals surface area contributed by atoms with Crippen molar-refractivity contribution in [2.24, 2.45) is 0 Å². The first-order valence-corrected chi connectivity index (χ1v) is 7.07. The van der Waals surface area contributed by atoms with Gasteiger partial charge in [0.1, 0.15) is 9.84 Å². The molecule has 1 N–H and O–H groups in total. The Hall–Kier alpha value is -0.130. The number of hydrogen-bond donors (Lipinski definition) is 1. The number of nitrogens with one attached hydrogen (secondary N) is 1. The minimum atomic E-state index is -2.83. The van der Waals surface area contributed by atoms with Gasteiger partial charge < -0.3 is 10.1 Å². The Morgan fingerprint density at radius 2 is 2.14 bits per heavy atom. The smallest absolute Gasteiger partial charge is 0.148 e. The highest BCUT2D eigenvalue weighted by atomic mass is 32.2. The minimum Gasteiger partial charge on any atom is -0.374 e. The molecule has 4 nitrogen and oxygen atoms in total. The van der Waals surface area contributed by atoms with Gasteiger partial charge in [0.05, 0.1) is 18.0 Å². The Balaban J connectivity index is 2.05. The van der Waals surface area contributed by atoms with Gasteiger partial charge in [-0.2, -0.15) is 0 Å². The molecule has 0 aromatic rings. The van der Waals surface area contributed by atoms with Crippen molar-refractivity contribution in [3.63, 3.8) is 0 Å². The zero-order valence-electron chi connectivity index (χ0n) is 8.82. The average Bonchev–Trinajstić information content (AvgIpc) is 2.44. The molecule has 0 aromatic heterocycles. The third-order valence-corrected chi connectivity index (χ3v) is 3.29. The SMILES string of the molecule is CC1CCC(CNCCS(C)(=O)=O)O1. The zero-order valence-corrected chi connectivity index (χ0v) is 9.64. The fourth-order valence-electron chi connectivity index (χ4n) is 1.56. The lowest BCUT2D eigenvalue weighted by Gasteiger charge is -2.11. The molecule has 0 aromatic carbocycles. The molecule has 1 aliphatic heterocycles. The molecule has 0 radical (unpaired) electrons. The molecule has 5 heteroatoms. The van der Waals surface area contributed by atoms with Crippen LogP contribution in [0.3, 0.4) is 0 Å². The van der Waals surface area contributed by atoms with Crippen LogP contribution in [0.15, 0.2) is 0 Å². The Morgan fingerprint density at radius 3 is 2.64 bits per heavy atom. The van der Waals surface area contributed by atoms with Crippen molar-refractivity contribution >= 4 is 9.84 Å². The summed E-state index contributed by atoms with van der Waals surface area (Å²) >= 11 is 0. The van der Waals surface area contributed by atoms with E-state index in [-0.39, 0.29) is 11.9 Å². The number of ether oxygens (including phenoxy) is 1. The topological polar surface area (TPSA) is 55.4 Å². The summed E-state index contributed by atoms with van der Waals surface area (Å²) in [5.41, 5.74) is 0. The van der Waals surface area contributed by atoms with E-state index in [9.17, 15) is 8.42 Å². The van der Waals surface area contributed by atoms with Crippen molar-refractivity contribution in [1.29, 1.82) is 0 Å².